The lowest BCUT2D eigenvalue weighted by molar-refractivity contribution is -0.134. The minimum Gasteiger partial charge on any atom is -0.491 e. The van der Waals surface area contributed by atoms with Crippen LogP contribution in [0.1, 0.15) is 31.7 Å². The van der Waals surface area contributed by atoms with Crippen LogP contribution >= 0.6 is 11.6 Å². The molecule has 170 valence electrons. The summed E-state index contributed by atoms with van der Waals surface area (Å²) in [5.74, 6) is 1.20. The molecule has 2 aliphatic rings. The van der Waals surface area contributed by atoms with Gasteiger partial charge in [0, 0.05) is 45.3 Å². The molecule has 0 aliphatic carbocycles. The van der Waals surface area contributed by atoms with Gasteiger partial charge in [0.15, 0.2) is 11.5 Å². The van der Waals surface area contributed by atoms with Gasteiger partial charge in [0.2, 0.25) is 11.8 Å². The molecule has 0 radical (unpaired) electrons. The summed E-state index contributed by atoms with van der Waals surface area (Å²) < 4.78 is 10.9. The van der Waals surface area contributed by atoms with Crippen LogP contribution in [0.5, 0.6) is 11.5 Å². The fourth-order valence-electron chi connectivity index (χ4n) is 3.98. The Morgan fingerprint density at radius 3 is 2.39 bits per heavy atom. The highest BCUT2D eigenvalue weighted by Crippen LogP contribution is 2.36. The van der Waals surface area contributed by atoms with Crippen molar-refractivity contribution in [1.82, 2.24) is 14.7 Å². The smallest absolute Gasteiger partial charge is 0.246 e. The molecule has 0 bridgehead atoms. The van der Waals surface area contributed by atoms with Crippen LogP contribution in [0, 0.1) is 0 Å². The van der Waals surface area contributed by atoms with Gasteiger partial charge in [-0.25, -0.2) is 0 Å². The summed E-state index contributed by atoms with van der Waals surface area (Å²) in [4.78, 5) is 31.0. The number of carbonyl (C=O) groups excluding carboxylic acids is 2. The van der Waals surface area contributed by atoms with Gasteiger partial charge in [-0.3, -0.25) is 14.5 Å². The van der Waals surface area contributed by atoms with E-state index in [1.165, 1.54) is 6.42 Å². The number of methoxy groups -OCH3 is 1. The molecule has 0 aromatic heterocycles. The maximum Gasteiger partial charge on any atom is 0.246 e. The molecule has 2 heterocycles. The lowest BCUT2D eigenvalue weighted by Crippen LogP contribution is -2.51. The van der Waals surface area contributed by atoms with E-state index >= 15 is 0 Å². The van der Waals surface area contributed by atoms with Crippen LogP contribution in [0.25, 0.3) is 6.08 Å². The number of hydrogen-bond donors (Lipinski definition) is 0. The van der Waals surface area contributed by atoms with Gasteiger partial charge in [-0.2, -0.15) is 0 Å². The second kappa shape index (κ2) is 11.4. The molecule has 2 amide bonds. The first kappa shape index (κ1) is 23.4. The van der Waals surface area contributed by atoms with Crippen molar-refractivity contribution >= 4 is 29.5 Å². The fraction of sp³-hybridized carbons (Fsp3) is 0.565. The van der Waals surface area contributed by atoms with Gasteiger partial charge in [0.05, 0.1) is 25.3 Å². The molecule has 2 saturated heterocycles. The van der Waals surface area contributed by atoms with E-state index in [2.05, 4.69) is 4.90 Å². The first-order chi connectivity index (χ1) is 15.0. The quantitative estimate of drug-likeness (QED) is 0.599. The number of likely N-dealkylation sites (tertiary alicyclic amines) is 1. The maximum atomic E-state index is 12.6. The van der Waals surface area contributed by atoms with Gasteiger partial charge in [-0.1, -0.05) is 11.6 Å². The number of rotatable bonds is 7. The molecule has 1 aromatic rings. The predicted molar refractivity (Wildman–Crippen MR) is 122 cm³/mol. The third-order valence-corrected chi connectivity index (χ3v) is 5.99. The summed E-state index contributed by atoms with van der Waals surface area (Å²) in [7, 11) is 1.54. The second-order valence-electron chi connectivity index (χ2n) is 7.84. The Hall–Kier alpha value is -2.25. The van der Waals surface area contributed by atoms with E-state index in [9.17, 15) is 9.59 Å². The highest BCUT2D eigenvalue weighted by molar-refractivity contribution is 6.32. The number of ether oxygens (including phenoxy) is 2. The Kier molecular flexibility index (Phi) is 8.60. The number of nitrogens with zero attached hydrogens (tertiary/aromatic N) is 3. The number of halogens is 1. The Bertz CT molecular complexity index is 800. The topological polar surface area (TPSA) is 62.3 Å². The van der Waals surface area contributed by atoms with E-state index in [0.29, 0.717) is 55.9 Å². The van der Waals surface area contributed by atoms with Gasteiger partial charge >= 0.3 is 0 Å². The molecule has 3 rings (SSSR count). The summed E-state index contributed by atoms with van der Waals surface area (Å²) in [5, 5.41) is 0.438. The standard InChI is InChI=1S/C23H32ClN3O4/c1-3-31-20-16-18(15-19(24)23(20)30-2)7-8-21(28)27-13-11-25(12-14-27)17-22(29)26-9-5-4-6-10-26/h7-8,15-16H,3-6,9-14,17H2,1-2H3/b8-7+. The van der Waals surface area contributed by atoms with Crippen LogP contribution in [0.15, 0.2) is 18.2 Å². The highest BCUT2D eigenvalue weighted by atomic mass is 35.5. The van der Waals surface area contributed by atoms with E-state index in [4.69, 9.17) is 21.1 Å². The van der Waals surface area contributed by atoms with Crippen molar-refractivity contribution in [1.29, 1.82) is 0 Å². The Morgan fingerprint density at radius 1 is 1.03 bits per heavy atom. The molecule has 0 atom stereocenters. The van der Waals surface area contributed by atoms with Crippen molar-refractivity contribution < 1.29 is 19.1 Å². The highest BCUT2D eigenvalue weighted by Gasteiger charge is 2.24. The summed E-state index contributed by atoms with van der Waals surface area (Å²) in [5.41, 5.74) is 0.772. The molecule has 31 heavy (non-hydrogen) atoms. The van der Waals surface area contributed by atoms with E-state index < -0.39 is 0 Å². The molecule has 8 heteroatoms. The zero-order valence-corrected chi connectivity index (χ0v) is 19.2. The van der Waals surface area contributed by atoms with Crippen molar-refractivity contribution in [2.45, 2.75) is 26.2 Å². The van der Waals surface area contributed by atoms with E-state index in [1.54, 1.807) is 25.3 Å². The average Bonchev–Trinajstić information content (AvgIpc) is 2.78. The van der Waals surface area contributed by atoms with Crippen molar-refractivity contribution in [3.63, 3.8) is 0 Å². The predicted octanol–water partition coefficient (Wildman–Crippen LogP) is 2.92. The molecule has 0 unspecified atom stereocenters. The first-order valence-electron chi connectivity index (χ1n) is 11.0. The molecule has 7 nitrogen and oxygen atoms in total. The first-order valence-corrected chi connectivity index (χ1v) is 11.4. The molecule has 0 spiro atoms. The van der Waals surface area contributed by atoms with Crippen molar-refractivity contribution in [3.8, 4) is 11.5 Å². The third kappa shape index (κ3) is 6.37. The molecule has 2 aliphatic heterocycles. The zero-order chi connectivity index (χ0) is 22.2. The largest absolute Gasteiger partial charge is 0.491 e. The normalized spacial score (nSPS) is 17.8. The van der Waals surface area contributed by atoms with Crippen LogP contribution in [0.3, 0.4) is 0 Å². The van der Waals surface area contributed by atoms with Gasteiger partial charge in [-0.15, -0.1) is 0 Å². The van der Waals surface area contributed by atoms with Gasteiger partial charge in [0.1, 0.15) is 0 Å². The van der Waals surface area contributed by atoms with E-state index in [-0.39, 0.29) is 11.8 Å². The van der Waals surface area contributed by atoms with Crippen LogP contribution in [0.2, 0.25) is 5.02 Å². The summed E-state index contributed by atoms with van der Waals surface area (Å²) >= 11 is 6.28. The van der Waals surface area contributed by atoms with Crippen LogP contribution in [0.4, 0.5) is 0 Å². The maximum absolute atomic E-state index is 12.6. The van der Waals surface area contributed by atoms with Gasteiger partial charge in [0.25, 0.3) is 0 Å². The number of benzene rings is 1. The zero-order valence-electron chi connectivity index (χ0n) is 18.4. The molecular formula is C23H32ClN3O4. The molecular weight excluding hydrogens is 418 g/mol. The third-order valence-electron chi connectivity index (χ3n) is 5.71. The summed E-state index contributed by atoms with van der Waals surface area (Å²) in [6.07, 6.45) is 6.72. The van der Waals surface area contributed by atoms with Crippen LogP contribution < -0.4 is 9.47 Å². The van der Waals surface area contributed by atoms with Crippen LogP contribution in [-0.2, 0) is 9.59 Å². The molecule has 1 aromatic carbocycles. The number of piperidine rings is 1. The van der Waals surface area contributed by atoms with Crippen molar-refractivity contribution in [2.75, 3.05) is 59.5 Å². The minimum atomic E-state index is -0.0492. The number of piperazine rings is 1. The monoisotopic (exact) mass is 449 g/mol. The van der Waals surface area contributed by atoms with Crippen molar-refractivity contribution in [3.05, 3.63) is 28.8 Å². The lowest BCUT2D eigenvalue weighted by Gasteiger charge is -2.35. The summed E-state index contributed by atoms with van der Waals surface area (Å²) in [6, 6.07) is 3.55. The average molecular weight is 450 g/mol. The van der Waals surface area contributed by atoms with Crippen LogP contribution in [-0.4, -0.2) is 86.0 Å². The van der Waals surface area contributed by atoms with E-state index in [0.717, 1.165) is 31.5 Å². The molecule has 0 N–H and O–H groups in total. The molecule has 0 saturated carbocycles. The number of amides is 2. The SMILES string of the molecule is CCOc1cc(/C=C/C(=O)N2CCN(CC(=O)N3CCCCC3)CC2)cc(Cl)c1OC. The Balaban J connectivity index is 1.51. The fourth-order valence-corrected chi connectivity index (χ4v) is 4.28. The number of hydrogen-bond acceptors (Lipinski definition) is 5. The lowest BCUT2D eigenvalue weighted by atomic mass is 10.1. The van der Waals surface area contributed by atoms with E-state index in [1.807, 2.05) is 22.8 Å². The minimum absolute atomic E-state index is 0.0492. The Labute approximate surface area is 189 Å². The molecule has 2 fully saturated rings. The van der Waals surface area contributed by atoms with Gasteiger partial charge < -0.3 is 19.3 Å². The number of carbonyl (C=O) groups is 2. The second-order valence-corrected chi connectivity index (χ2v) is 8.25. The van der Waals surface area contributed by atoms with Crippen molar-refractivity contribution in [2.24, 2.45) is 0 Å². The van der Waals surface area contributed by atoms with Gasteiger partial charge in [-0.05, 0) is 50.0 Å². The summed E-state index contributed by atoms with van der Waals surface area (Å²) in [6.45, 7) is 7.23. The Morgan fingerprint density at radius 2 is 1.74 bits per heavy atom.